The number of fused-ring (bicyclic) bond motifs is 1. The lowest BCUT2D eigenvalue weighted by molar-refractivity contribution is 0.477. The van der Waals surface area contributed by atoms with E-state index in [9.17, 15) is 0 Å². The van der Waals surface area contributed by atoms with Gasteiger partial charge in [0, 0.05) is 0 Å². The van der Waals surface area contributed by atoms with Gasteiger partial charge in [-0.1, -0.05) is 63.1 Å². The second-order valence-corrected chi connectivity index (χ2v) is 5.47. The summed E-state index contributed by atoms with van der Waals surface area (Å²) in [6.45, 7) is 6.60. The van der Waals surface area contributed by atoms with Crippen molar-refractivity contribution in [2.75, 3.05) is 0 Å². The van der Waals surface area contributed by atoms with Gasteiger partial charge in [-0.15, -0.1) is 11.6 Å². The normalized spacial score (nSPS) is 13.2. The second kappa shape index (κ2) is 5.75. The fourth-order valence-corrected chi connectivity index (χ4v) is 3.22. The number of alkyl halides is 1. The molecule has 0 saturated heterocycles. The van der Waals surface area contributed by atoms with Gasteiger partial charge in [0.15, 0.2) is 0 Å². The van der Waals surface area contributed by atoms with Gasteiger partial charge in [-0.2, -0.15) is 0 Å². The summed E-state index contributed by atoms with van der Waals surface area (Å²) in [5.41, 5.74) is 2.61. The van der Waals surface area contributed by atoms with E-state index >= 15 is 0 Å². The Bertz CT molecular complexity index is 526. The summed E-state index contributed by atoms with van der Waals surface area (Å²) in [5, 5.41) is 2.75. The molecule has 0 bridgehead atoms. The highest BCUT2D eigenvalue weighted by atomic mass is 35.5. The molecule has 0 aromatic heterocycles. The van der Waals surface area contributed by atoms with Gasteiger partial charge in [0.2, 0.25) is 0 Å². The van der Waals surface area contributed by atoms with Crippen molar-refractivity contribution in [2.45, 2.75) is 39.0 Å². The van der Waals surface area contributed by atoms with Gasteiger partial charge in [0.1, 0.15) is 0 Å². The van der Waals surface area contributed by atoms with Gasteiger partial charge >= 0.3 is 0 Å². The SMILES string of the molecule is CCC(CC)C(Cl)c1ccc(C)c2ccccc12. The monoisotopic (exact) mass is 260 g/mol. The average Bonchev–Trinajstić information content (AvgIpc) is 2.41. The molecule has 1 atom stereocenters. The molecule has 2 aromatic carbocycles. The minimum Gasteiger partial charge on any atom is -0.117 e. The van der Waals surface area contributed by atoms with Crippen molar-refractivity contribution in [3.8, 4) is 0 Å². The van der Waals surface area contributed by atoms with E-state index in [1.807, 2.05) is 0 Å². The van der Waals surface area contributed by atoms with E-state index in [4.69, 9.17) is 11.6 Å². The molecule has 96 valence electrons. The number of benzene rings is 2. The molecule has 1 heteroatoms. The van der Waals surface area contributed by atoms with Gasteiger partial charge in [-0.3, -0.25) is 0 Å². The minimum absolute atomic E-state index is 0.116. The van der Waals surface area contributed by atoms with Crippen LogP contribution in [-0.2, 0) is 0 Å². The molecule has 0 aliphatic rings. The quantitative estimate of drug-likeness (QED) is 0.604. The van der Waals surface area contributed by atoms with Crippen LogP contribution in [-0.4, -0.2) is 0 Å². The zero-order chi connectivity index (χ0) is 13.1. The molecule has 0 amide bonds. The lowest BCUT2D eigenvalue weighted by atomic mass is 9.90. The standard InChI is InChI=1S/C17H21Cl/c1-4-13(5-2)17(18)16-11-10-12(3)14-8-6-7-9-15(14)16/h6-11,13,17H,4-5H2,1-3H3. The number of halogens is 1. The molecule has 0 nitrogen and oxygen atoms in total. The fraction of sp³-hybridized carbons (Fsp3) is 0.412. The largest absolute Gasteiger partial charge is 0.117 e. The molecule has 0 N–H and O–H groups in total. The number of aryl methyl sites for hydroxylation is 1. The summed E-state index contributed by atoms with van der Waals surface area (Å²) in [7, 11) is 0. The molecule has 0 aliphatic carbocycles. The highest BCUT2D eigenvalue weighted by Crippen LogP contribution is 2.37. The lowest BCUT2D eigenvalue weighted by Gasteiger charge is -2.21. The summed E-state index contributed by atoms with van der Waals surface area (Å²) in [6, 6.07) is 13.0. The van der Waals surface area contributed by atoms with Crippen molar-refractivity contribution >= 4 is 22.4 Å². The summed E-state index contributed by atoms with van der Waals surface area (Å²) in [5.74, 6) is 0.553. The van der Waals surface area contributed by atoms with Gasteiger partial charge in [-0.25, -0.2) is 0 Å². The van der Waals surface area contributed by atoms with Crippen LogP contribution in [0.1, 0.15) is 43.2 Å². The van der Waals surface area contributed by atoms with Crippen LogP contribution in [0.25, 0.3) is 10.8 Å². The van der Waals surface area contributed by atoms with E-state index in [0.717, 1.165) is 12.8 Å². The predicted molar refractivity (Wildman–Crippen MR) is 81.4 cm³/mol. The van der Waals surface area contributed by atoms with E-state index in [-0.39, 0.29) is 5.38 Å². The summed E-state index contributed by atoms with van der Waals surface area (Å²) >= 11 is 6.70. The predicted octanol–water partition coefficient (Wildman–Crippen LogP) is 5.86. The smallest absolute Gasteiger partial charge is 0.0619 e. The van der Waals surface area contributed by atoms with Crippen LogP contribution in [0.15, 0.2) is 36.4 Å². The van der Waals surface area contributed by atoms with Crippen molar-refractivity contribution in [1.29, 1.82) is 0 Å². The highest BCUT2D eigenvalue weighted by Gasteiger charge is 2.19. The Balaban J connectivity index is 2.54. The van der Waals surface area contributed by atoms with Gasteiger partial charge < -0.3 is 0 Å². The first-order valence-electron chi connectivity index (χ1n) is 6.81. The Morgan fingerprint density at radius 1 is 0.944 bits per heavy atom. The fourth-order valence-electron chi connectivity index (χ4n) is 2.67. The third-order valence-corrected chi connectivity index (χ3v) is 4.53. The Morgan fingerprint density at radius 2 is 1.56 bits per heavy atom. The Kier molecular flexibility index (Phi) is 4.29. The third-order valence-electron chi connectivity index (χ3n) is 3.94. The molecule has 0 radical (unpaired) electrons. The van der Waals surface area contributed by atoms with Crippen molar-refractivity contribution in [1.82, 2.24) is 0 Å². The Labute approximate surface area is 115 Å². The van der Waals surface area contributed by atoms with Crippen molar-refractivity contribution in [3.05, 3.63) is 47.5 Å². The van der Waals surface area contributed by atoms with E-state index in [1.54, 1.807) is 0 Å². The van der Waals surface area contributed by atoms with Crippen LogP contribution in [0.5, 0.6) is 0 Å². The molecule has 0 heterocycles. The Hall–Kier alpha value is -1.01. The molecule has 2 aromatic rings. The van der Waals surface area contributed by atoms with Crippen molar-refractivity contribution in [3.63, 3.8) is 0 Å². The van der Waals surface area contributed by atoms with Crippen molar-refractivity contribution < 1.29 is 0 Å². The zero-order valence-corrected chi connectivity index (χ0v) is 12.2. The summed E-state index contributed by atoms with van der Waals surface area (Å²) < 4.78 is 0. The molecule has 2 rings (SSSR count). The van der Waals surface area contributed by atoms with E-state index in [1.165, 1.54) is 21.9 Å². The van der Waals surface area contributed by atoms with Gasteiger partial charge in [0.25, 0.3) is 0 Å². The first-order valence-corrected chi connectivity index (χ1v) is 7.25. The van der Waals surface area contributed by atoms with Gasteiger partial charge in [-0.05, 0) is 34.7 Å². The van der Waals surface area contributed by atoms with E-state index < -0.39 is 0 Å². The van der Waals surface area contributed by atoms with Crippen LogP contribution >= 0.6 is 11.6 Å². The maximum Gasteiger partial charge on any atom is 0.0619 e. The van der Waals surface area contributed by atoms with Gasteiger partial charge in [0.05, 0.1) is 5.38 Å². The molecule has 0 fully saturated rings. The number of hydrogen-bond acceptors (Lipinski definition) is 0. The van der Waals surface area contributed by atoms with Crippen LogP contribution in [0, 0.1) is 12.8 Å². The first-order chi connectivity index (χ1) is 8.69. The molecule has 0 aliphatic heterocycles. The third kappa shape index (κ3) is 2.40. The van der Waals surface area contributed by atoms with Crippen LogP contribution in [0.3, 0.4) is 0 Å². The minimum atomic E-state index is 0.116. The van der Waals surface area contributed by atoms with Crippen LogP contribution in [0.4, 0.5) is 0 Å². The summed E-state index contributed by atoms with van der Waals surface area (Å²) in [4.78, 5) is 0. The maximum absolute atomic E-state index is 6.70. The van der Waals surface area contributed by atoms with Crippen LogP contribution < -0.4 is 0 Å². The molecule has 1 unspecified atom stereocenters. The first kappa shape index (κ1) is 13.4. The Morgan fingerprint density at radius 3 is 2.17 bits per heavy atom. The van der Waals surface area contributed by atoms with E-state index in [0.29, 0.717) is 5.92 Å². The zero-order valence-electron chi connectivity index (χ0n) is 11.4. The molecule has 0 saturated carbocycles. The highest BCUT2D eigenvalue weighted by molar-refractivity contribution is 6.22. The number of rotatable bonds is 4. The van der Waals surface area contributed by atoms with Crippen molar-refractivity contribution in [2.24, 2.45) is 5.92 Å². The topological polar surface area (TPSA) is 0 Å². The molecular weight excluding hydrogens is 240 g/mol. The maximum atomic E-state index is 6.70. The lowest BCUT2D eigenvalue weighted by Crippen LogP contribution is -2.06. The summed E-state index contributed by atoms with van der Waals surface area (Å²) in [6.07, 6.45) is 2.26. The van der Waals surface area contributed by atoms with E-state index in [2.05, 4.69) is 57.2 Å². The molecule has 18 heavy (non-hydrogen) atoms. The molecule has 0 spiro atoms. The second-order valence-electron chi connectivity index (χ2n) is 5.00. The molecular formula is C17H21Cl. The number of hydrogen-bond donors (Lipinski definition) is 0. The average molecular weight is 261 g/mol. The van der Waals surface area contributed by atoms with Crippen LogP contribution in [0.2, 0.25) is 0 Å².